The van der Waals surface area contributed by atoms with Gasteiger partial charge < -0.3 is 20.1 Å². The molecule has 0 radical (unpaired) electrons. The van der Waals surface area contributed by atoms with Crippen molar-refractivity contribution in [3.63, 3.8) is 0 Å². The van der Waals surface area contributed by atoms with Crippen molar-refractivity contribution < 1.29 is 46.0 Å². The highest BCUT2D eigenvalue weighted by Gasteiger charge is 2.22. The summed E-state index contributed by atoms with van der Waals surface area (Å²) in [5, 5.41) is 54.9. The Kier molecular flexibility index (Phi) is 8.93. The Morgan fingerprint density at radius 3 is 1.94 bits per heavy atom. The van der Waals surface area contributed by atoms with E-state index < -0.39 is 47.2 Å². The topological polar surface area (TPSA) is 253 Å². The van der Waals surface area contributed by atoms with E-state index in [1.807, 2.05) is 0 Å². The average Bonchev–Trinajstić information content (AvgIpc) is 3.02. The van der Waals surface area contributed by atoms with Crippen molar-refractivity contribution in [1.29, 1.82) is 0 Å². The van der Waals surface area contributed by atoms with Gasteiger partial charge in [0.1, 0.15) is 39.2 Å². The molecular formula is C29H22N6O10S2. The molecule has 5 aromatic rings. The van der Waals surface area contributed by atoms with Crippen LogP contribution in [0.4, 0.5) is 34.1 Å². The first-order valence-electron chi connectivity index (χ1n) is 13.0. The highest BCUT2D eigenvalue weighted by molar-refractivity contribution is 7.86. The highest BCUT2D eigenvalue weighted by atomic mass is 32.2. The first-order valence-corrected chi connectivity index (χ1v) is 15.9. The lowest BCUT2D eigenvalue weighted by molar-refractivity contribution is 0.413. The van der Waals surface area contributed by atoms with Crippen LogP contribution in [0.25, 0.3) is 10.8 Å². The van der Waals surface area contributed by atoms with Gasteiger partial charge in [0, 0.05) is 17.5 Å². The van der Waals surface area contributed by atoms with Crippen molar-refractivity contribution in [3.05, 3.63) is 84.9 Å². The van der Waals surface area contributed by atoms with Crippen LogP contribution in [0, 0.1) is 0 Å². The van der Waals surface area contributed by atoms with Gasteiger partial charge in [-0.1, -0.05) is 6.07 Å². The Morgan fingerprint density at radius 2 is 1.26 bits per heavy atom. The summed E-state index contributed by atoms with van der Waals surface area (Å²) in [5.74, 6) is -1.11. The minimum Gasteiger partial charge on any atom is -0.508 e. The van der Waals surface area contributed by atoms with Gasteiger partial charge in [0.15, 0.2) is 5.75 Å². The number of fused-ring (bicyclic) bond motifs is 1. The SMILES string of the molecule is COc1cc(N=Nc2c(S(=O)(=O)O)cc3cc(/N=N/c4ccc(O)cc4)ccc3c2O)c(O)cc1/N=N/c1cccc(S(=O)(=O)O)c1. The molecule has 47 heavy (non-hydrogen) atoms. The molecular weight excluding hydrogens is 656 g/mol. The Morgan fingerprint density at radius 1 is 0.617 bits per heavy atom. The maximum Gasteiger partial charge on any atom is 0.296 e. The Hall–Kier alpha value is -5.82. The van der Waals surface area contributed by atoms with Gasteiger partial charge >= 0.3 is 0 Å². The smallest absolute Gasteiger partial charge is 0.296 e. The average molecular weight is 679 g/mol. The van der Waals surface area contributed by atoms with Gasteiger partial charge in [0.25, 0.3) is 20.2 Å². The predicted molar refractivity (Wildman–Crippen MR) is 167 cm³/mol. The summed E-state index contributed by atoms with van der Waals surface area (Å²) in [6.07, 6.45) is 0. The second kappa shape index (κ2) is 12.9. The molecule has 18 heteroatoms. The second-order valence-corrected chi connectivity index (χ2v) is 12.4. The molecule has 0 bridgehead atoms. The van der Waals surface area contributed by atoms with Gasteiger partial charge in [-0.05, 0) is 72.1 Å². The molecule has 0 aliphatic heterocycles. The zero-order valence-corrected chi connectivity index (χ0v) is 25.5. The number of phenolic OH excluding ortho intramolecular Hbond substituents is 3. The van der Waals surface area contributed by atoms with E-state index in [4.69, 9.17) is 4.74 Å². The van der Waals surface area contributed by atoms with Gasteiger partial charge in [-0.2, -0.15) is 32.2 Å². The molecule has 240 valence electrons. The molecule has 5 rings (SSSR count). The number of rotatable bonds is 9. The molecule has 5 N–H and O–H groups in total. The monoisotopic (exact) mass is 678 g/mol. The van der Waals surface area contributed by atoms with Gasteiger partial charge in [-0.3, -0.25) is 9.11 Å². The van der Waals surface area contributed by atoms with Crippen LogP contribution in [0.3, 0.4) is 0 Å². The molecule has 0 fully saturated rings. The number of phenols is 3. The van der Waals surface area contributed by atoms with Crippen molar-refractivity contribution in [2.45, 2.75) is 9.79 Å². The Bertz CT molecular complexity index is 2330. The van der Waals surface area contributed by atoms with Crippen molar-refractivity contribution >= 4 is 65.1 Å². The summed E-state index contributed by atoms with van der Waals surface area (Å²) in [4.78, 5) is -1.19. The van der Waals surface area contributed by atoms with Crippen LogP contribution in [0.5, 0.6) is 23.0 Å². The minimum absolute atomic E-state index is 0.0122. The third kappa shape index (κ3) is 7.53. The molecule has 0 aliphatic rings. The van der Waals surface area contributed by atoms with Crippen LogP contribution in [0.2, 0.25) is 0 Å². The number of ether oxygens (including phenoxy) is 1. The van der Waals surface area contributed by atoms with Crippen LogP contribution in [-0.4, -0.2) is 48.4 Å². The number of hydrogen-bond acceptors (Lipinski definition) is 14. The quantitative estimate of drug-likeness (QED) is 0.0749. The lowest BCUT2D eigenvalue weighted by Crippen LogP contribution is -1.99. The largest absolute Gasteiger partial charge is 0.508 e. The maximum atomic E-state index is 12.3. The lowest BCUT2D eigenvalue weighted by atomic mass is 10.1. The fourth-order valence-corrected chi connectivity index (χ4v) is 5.30. The van der Waals surface area contributed by atoms with Gasteiger partial charge in [-0.15, -0.1) is 15.3 Å². The molecule has 0 amide bonds. The fraction of sp³-hybridized carbons (Fsp3) is 0.0345. The van der Waals surface area contributed by atoms with E-state index in [2.05, 4.69) is 30.7 Å². The Balaban J connectivity index is 1.49. The molecule has 0 aromatic heterocycles. The standard InChI is InChI=1S/C29H22N6O10S2/c1-45-26-15-23(25(37)14-24(26)34-32-18-3-2-4-21(13-18)46(39,40)41)33-35-28-27(47(42,43)44)12-16-11-19(7-10-22(16)29(28)38)31-30-17-5-8-20(36)9-6-17/h2-15,36-38H,1H3,(H,39,40,41)(H,42,43,44)/b31-30+,34-32+,35-33?. The highest BCUT2D eigenvalue weighted by Crippen LogP contribution is 2.44. The van der Waals surface area contributed by atoms with E-state index in [0.717, 1.165) is 24.3 Å². The molecule has 5 aromatic carbocycles. The minimum atomic E-state index is -4.96. The normalized spacial score (nSPS) is 12.5. The van der Waals surface area contributed by atoms with Crippen molar-refractivity contribution in [2.24, 2.45) is 30.7 Å². The van der Waals surface area contributed by atoms with Crippen molar-refractivity contribution in [3.8, 4) is 23.0 Å². The van der Waals surface area contributed by atoms with E-state index in [1.165, 1.54) is 67.8 Å². The summed E-state index contributed by atoms with van der Waals surface area (Å²) >= 11 is 0. The number of hydrogen-bond donors (Lipinski definition) is 5. The van der Waals surface area contributed by atoms with Crippen molar-refractivity contribution in [1.82, 2.24) is 0 Å². The number of benzene rings is 5. The Labute approximate surface area is 266 Å². The third-order valence-corrected chi connectivity index (χ3v) is 8.08. The van der Waals surface area contributed by atoms with Crippen LogP contribution in [0.1, 0.15) is 0 Å². The summed E-state index contributed by atoms with van der Waals surface area (Å²) in [7, 11) is -8.17. The molecule has 0 spiro atoms. The third-order valence-electron chi connectivity index (χ3n) is 6.37. The molecule has 0 unspecified atom stereocenters. The molecule has 0 heterocycles. The number of azo groups is 3. The van der Waals surface area contributed by atoms with E-state index in [0.29, 0.717) is 5.69 Å². The number of nitrogens with zero attached hydrogens (tertiary/aromatic N) is 6. The van der Waals surface area contributed by atoms with Crippen LogP contribution >= 0.6 is 0 Å². The second-order valence-electron chi connectivity index (χ2n) is 9.55. The first-order chi connectivity index (χ1) is 22.2. The van der Waals surface area contributed by atoms with Gasteiger partial charge in [0.05, 0.1) is 29.1 Å². The summed E-state index contributed by atoms with van der Waals surface area (Å²) in [6, 6.07) is 18.5. The number of methoxy groups -OCH3 is 1. The van der Waals surface area contributed by atoms with Gasteiger partial charge in [0.2, 0.25) is 0 Å². The zero-order valence-electron chi connectivity index (χ0n) is 23.9. The van der Waals surface area contributed by atoms with E-state index in [9.17, 15) is 41.3 Å². The maximum absolute atomic E-state index is 12.3. The first kappa shape index (κ1) is 32.6. The van der Waals surface area contributed by atoms with Crippen LogP contribution in [-0.2, 0) is 20.2 Å². The summed E-state index contributed by atoms with van der Waals surface area (Å²) < 4.78 is 71.8. The molecule has 0 saturated heterocycles. The lowest BCUT2D eigenvalue weighted by Gasteiger charge is -2.10. The van der Waals surface area contributed by atoms with Gasteiger partial charge in [-0.25, -0.2) is 0 Å². The van der Waals surface area contributed by atoms with Crippen LogP contribution in [0.15, 0.2) is 125 Å². The van der Waals surface area contributed by atoms with E-state index in [1.54, 1.807) is 0 Å². The molecule has 0 aliphatic carbocycles. The van der Waals surface area contributed by atoms with E-state index >= 15 is 0 Å². The summed E-state index contributed by atoms with van der Waals surface area (Å²) in [5.41, 5.74) is -0.129. The molecule has 16 nitrogen and oxygen atoms in total. The number of aromatic hydroxyl groups is 3. The summed E-state index contributed by atoms with van der Waals surface area (Å²) in [6.45, 7) is 0. The fourth-order valence-electron chi connectivity index (χ4n) is 4.12. The van der Waals surface area contributed by atoms with Crippen LogP contribution < -0.4 is 4.74 Å². The predicted octanol–water partition coefficient (Wildman–Crippen LogP) is 7.70. The molecule has 0 saturated carbocycles. The zero-order chi connectivity index (χ0) is 33.9. The molecule has 0 atom stereocenters. The van der Waals surface area contributed by atoms with Crippen molar-refractivity contribution in [2.75, 3.05) is 7.11 Å². The van der Waals surface area contributed by atoms with E-state index in [-0.39, 0.29) is 45.0 Å².